The van der Waals surface area contributed by atoms with Crippen LogP contribution in [0.3, 0.4) is 0 Å². The van der Waals surface area contributed by atoms with Crippen LogP contribution in [0.5, 0.6) is 0 Å². The molecule has 1 fully saturated rings. The molecule has 2 heterocycles. The Labute approximate surface area is 173 Å². The van der Waals surface area contributed by atoms with Crippen LogP contribution in [-0.2, 0) is 12.8 Å². The summed E-state index contributed by atoms with van der Waals surface area (Å²) < 4.78 is 2.01. The van der Waals surface area contributed by atoms with E-state index in [-0.39, 0.29) is 23.7 Å². The van der Waals surface area contributed by atoms with Crippen molar-refractivity contribution < 1.29 is 4.79 Å². The first-order valence-corrected chi connectivity index (χ1v) is 10.1. The molecule has 152 valence electrons. The van der Waals surface area contributed by atoms with Crippen LogP contribution in [0.2, 0.25) is 0 Å². The number of amides is 1. The minimum Gasteiger partial charge on any atom is -0.350 e. The Kier molecular flexibility index (Phi) is 6.15. The van der Waals surface area contributed by atoms with E-state index < -0.39 is 0 Å². The topological polar surface area (TPSA) is 59.0 Å². The maximum atomic E-state index is 13.0. The monoisotopic (exact) mass is 402 g/mol. The number of nitrogens with one attached hydrogen (secondary N) is 2. The number of hydrogen-bond acceptors (Lipinski definition) is 3. The molecular formula is C22H31ClN4O. The van der Waals surface area contributed by atoms with Gasteiger partial charge in [0.25, 0.3) is 5.91 Å². The summed E-state index contributed by atoms with van der Waals surface area (Å²) in [7, 11) is 0. The van der Waals surface area contributed by atoms with Gasteiger partial charge in [0.2, 0.25) is 0 Å². The van der Waals surface area contributed by atoms with Crippen molar-refractivity contribution in [3.8, 4) is 5.69 Å². The Hall–Kier alpha value is -1.85. The lowest BCUT2D eigenvalue weighted by molar-refractivity contribution is 0.0916. The number of nitrogens with zero attached hydrogens (tertiary/aromatic N) is 2. The van der Waals surface area contributed by atoms with E-state index in [0.29, 0.717) is 5.69 Å². The van der Waals surface area contributed by atoms with Gasteiger partial charge in [-0.15, -0.1) is 12.4 Å². The number of carbonyl (C=O) groups is 1. The molecule has 1 saturated heterocycles. The van der Waals surface area contributed by atoms with Crippen molar-refractivity contribution in [2.75, 3.05) is 19.6 Å². The third-order valence-corrected chi connectivity index (χ3v) is 6.21. The highest BCUT2D eigenvalue weighted by atomic mass is 35.5. The zero-order valence-electron chi connectivity index (χ0n) is 17.1. The third kappa shape index (κ3) is 3.96. The van der Waals surface area contributed by atoms with Crippen LogP contribution in [0, 0.1) is 19.3 Å². The zero-order valence-corrected chi connectivity index (χ0v) is 17.9. The number of rotatable bonds is 4. The summed E-state index contributed by atoms with van der Waals surface area (Å²) in [6.45, 7) is 9.27. The van der Waals surface area contributed by atoms with Crippen LogP contribution in [0.25, 0.3) is 5.69 Å². The Balaban J connectivity index is 0.00000225. The van der Waals surface area contributed by atoms with Gasteiger partial charge in [-0.05, 0) is 76.1 Å². The molecule has 1 aromatic heterocycles. The molecule has 5 nitrogen and oxygen atoms in total. The standard InChI is InChI=1S/C22H30N4O.ClH/c1-15-7-8-18(16(2)13-15)26-19-6-4-5-17(19)20(25-26)21(27)24-14-22(3)9-11-23-12-10-22;/h7-8,13,23H,4-6,9-12,14H2,1-3H3,(H,24,27);1H. The van der Waals surface area contributed by atoms with E-state index in [4.69, 9.17) is 5.10 Å². The largest absolute Gasteiger partial charge is 0.350 e. The van der Waals surface area contributed by atoms with Crippen LogP contribution < -0.4 is 10.6 Å². The van der Waals surface area contributed by atoms with Gasteiger partial charge in [-0.1, -0.05) is 24.6 Å². The third-order valence-electron chi connectivity index (χ3n) is 6.21. The Morgan fingerprint density at radius 1 is 1.25 bits per heavy atom. The van der Waals surface area contributed by atoms with E-state index in [1.165, 1.54) is 16.8 Å². The van der Waals surface area contributed by atoms with Crippen molar-refractivity contribution in [1.82, 2.24) is 20.4 Å². The van der Waals surface area contributed by atoms with E-state index in [2.05, 4.69) is 49.6 Å². The fourth-order valence-electron chi connectivity index (χ4n) is 4.45. The van der Waals surface area contributed by atoms with Crippen LogP contribution >= 0.6 is 12.4 Å². The van der Waals surface area contributed by atoms with Crippen molar-refractivity contribution >= 4 is 18.3 Å². The smallest absolute Gasteiger partial charge is 0.272 e. The summed E-state index contributed by atoms with van der Waals surface area (Å²) in [6.07, 6.45) is 5.24. The van der Waals surface area contributed by atoms with Gasteiger partial charge in [0, 0.05) is 17.8 Å². The van der Waals surface area contributed by atoms with Gasteiger partial charge in [-0.3, -0.25) is 4.79 Å². The predicted molar refractivity (Wildman–Crippen MR) is 115 cm³/mol. The summed E-state index contributed by atoms with van der Waals surface area (Å²) in [5.74, 6) is -0.0172. The van der Waals surface area contributed by atoms with Gasteiger partial charge in [0.15, 0.2) is 5.69 Å². The fourth-order valence-corrected chi connectivity index (χ4v) is 4.45. The average molecular weight is 403 g/mol. The van der Waals surface area contributed by atoms with Gasteiger partial charge >= 0.3 is 0 Å². The van der Waals surface area contributed by atoms with Gasteiger partial charge < -0.3 is 10.6 Å². The highest BCUT2D eigenvalue weighted by Gasteiger charge is 2.30. The molecule has 1 amide bonds. The van der Waals surface area contributed by atoms with Crippen molar-refractivity contribution in [2.24, 2.45) is 5.41 Å². The number of halogens is 1. The van der Waals surface area contributed by atoms with Crippen LogP contribution in [0.4, 0.5) is 0 Å². The first-order valence-electron chi connectivity index (χ1n) is 10.1. The lowest BCUT2D eigenvalue weighted by Gasteiger charge is -2.34. The van der Waals surface area contributed by atoms with Crippen LogP contribution in [0.15, 0.2) is 18.2 Å². The second-order valence-electron chi connectivity index (χ2n) is 8.57. The maximum Gasteiger partial charge on any atom is 0.272 e. The van der Waals surface area contributed by atoms with E-state index >= 15 is 0 Å². The fraction of sp³-hybridized carbons (Fsp3) is 0.545. The number of piperidine rings is 1. The second-order valence-corrected chi connectivity index (χ2v) is 8.57. The van der Waals surface area contributed by atoms with Crippen LogP contribution in [0.1, 0.15) is 59.1 Å². The van der Waals surface area contributed by atoms with E-state index in [1.54, 1.807) is 0 Å². The molecule has 1 aromatic carbocycles. The zero-order chi connectivity index (χ0) is 19.0. The molecule has 2 aliphatic rings. The molecule has 1 aliphatic heterocycles. The highest BCUT2D eigenvalue weighted by Crippen LogP contribution is 2.30. The first kappa shape index (κ1) is 20.9. The first-order chi connectivity index (χ1) is 13.0. The number of benzene rings is 1. The number of aryl methyl sites for hydroxylation is 2. The minimum atomic E-state index is -0.0172. The maximum absolute atomic E-state index is 13.0. The molecule has 0 unspecified atom stereocenters. The lowest BCUT2D eigenvalue weighted by atomic mass is 9.81. The van der Waals surface area contributed by atoms with Gasteiger partial charge in [-0.2, -0.15) is 5.10 Å². The number of carbonyl (C=O) groups excluding carboxylic acids is 1. The molecule has 2 N–H and O–H groups in total. The Morgan fingerprint density at radius 3 is 2.71 bits per heavy atom. The highest BCUT2D eigenvalue weighted by molar-refractivity contribution is 5.94. The molecule has 4 rings (SSSR count). The Morgan fingerprint density at radius 2 is 2.00 bits per heavy atom. The molecule has 1 aliphatic carbocycles. The summed E-state index contributed by atoms with van der Waals surface area (Å²) in [6, 6.07) is 6.41. The molecule has 0 bridgehead atoms. The molecule has 0 spiro atoms. The van der Waals surface area contributed by atoms with E-state index in [9.17, 15) is 4.79 Å². The number of fused-ring (bicyclic) bond motifs is 1. The van der Waals surface area contributed by atoms with Crippen molar-refractivity contribution in [1.29, 1.82) is 0 Å². The predicted octanol–water partition coefficient (Wildman–Crippen LogP) is 3.52. The Bertz CT molecular complexity index is 868. The van der Waals surface area contributed by atoms with Crippen molar-refractivity contribution in [3.63, 3.8) is 0 Å². The summed E-state index contributed by atoms with van der Waals surface area (Å²) in [4.78, 5) is 13.0. The molecule has 6 heteroatoms. The molecule has 0 atom stereocenters. The summed E-state index contributed by atoms with van der Waals surface area (Å²) >= 11 is 0. The van der Waals surface area contributed by atoms with Crippen molar-refractivity contribution in [2.45, 2.75) is 52.9 Å². The van der Waals surface area contributed by atoms with Crippen molar-refractivity contribution in [3.05, 3.63) is 46.3 Å². The van der Waals surface area contributed by atoms with E-state index in [0.717, 1.165) is 63.0 Å². The van der Waals surface area contributed by atoms with Gasteiger partial charge in [0.05, 0.1) is 5.69 Å². The van der Waals surface area contributed by atoms with Crippen LogP contribution in [-0.4, -0.2) is 35.3 Å². The van der Waals surface area contributed by atoms with E-state index in [1.807, 2.05) is 4.68 Å². The molecule has 0 radical (unpaired) electrons. The normalized spacial score (nSPS) is 17.7. The van der Waals surface area contributed by atoms with Gasteiger partial charge in [-0.25, -0.2) is 4.68 Å². The summed E-state index contributed by atoms with van der Waals surface area (Å²) in [5, 5.41) is 11.4. The SMILES string of the molecule is Cc1ccc(-n2nc(C(=O)NCC3(C)CCNCC3)c3c2CCC3)c(C)c1.Cl. The number of aromatic nitrogens is 2. The summed E-state index contributed by atoms with van der Waals surface area (Å²) in [5.41, 5.74) is 6.68. The number of hydrogen-bond donors (Lipinski definition) is 2. The molecular weight excluding hydrogens is 372 g/mol. The molecule has 28 heavy (non-hydrogen) atoms. The second kappa shape index (κ2) is 8.26. The minimum absolute atomic E-state index is 0. The quantitative estimate of drug-likeness (QED) is 0.822. The lowest BCUT2D eigenvalue weighted by Crippen LogP contribution is -2.43. The average Bonchev–Trinajstić information content (AvgIpc) is 3.24. The molecule has 2 aromatic rings. The molecule has 0 saturated carbocycles. The van der Waals surface area contributed by atoms with Gasteiger partial charge in [0.1, 0.15) is 0 Å².